The number of ether oxygens (including phenoxy) is 5. The van der Waals surface area contributed by atoms with Crippen LogP contribution >= 0.6 is 0 Å². The molecular formula is C29H44N4O8. The Balaban J connectivity index is 1.41. The van der Waals surface area contributed by atoms with Crippen LogP contribution in [0, 0.1) is 0 Å². The highest BCUT2D eigenvalue weighted by Crippen LogP contribution is 2.33. The molecule has 0 spiro atoms. The topological polar surface area (TPSA) is 146 Å². The Labute approximate surface area is 241 Å². The molecule has 3 N–H and O–H groups in total. The van der Waals surface area contributed by atoms with Crippen LogP contribution in [0.25, 0.3) is 5.69 Å². The van der Waals surface area contributed by atoms with Crippen molar-refractivity contribution in [2.24, 2.45) is 0 Å². The average molecular weight is 577 g/mol. The van der Waals surface area contributed by atoms with E-state index in [1.165, 1.54) is 7.11 Å². The number of nitrogens with zero attached hydrogens (tertiary/aromatic N) is 3. The van der Waals surface area contributed by atoms with Crippen molar-refractivity contribution in [2.75, 3.05) is 13.7 Å². The summed E-state index contributed by atoms with van der Waals surface area (Å²) in [7, 11) is 1.49. The summed E-state index contributed by atoms with van der Waals surface area (Å²) in [4.78, 5) is 13.4. The molecule has 3 heterocycles. The number of aromatic nitrogens is 3. The molecule has 1 aromatic carbocycles. The number of aliphatic hydroxyl groups is 2. The van der Waals surface area contributed by atoms with E-state index in [-0.39, 0.29) is 12.8 Å². The molecule has 0 radical (unpaired) electrons. The number of nitrogens with one attached hydrogen (secondary N) is 1. The molecule has 0 saturated carbocycles. The van der Waals surface area contributed by atoms with E-state index >= 15 is 0 Å². The summed E-state index contributed by atoms with van der Waals surface area (Å²) < 4.78 is 30.8. The number of methoxy groups -OCH3 is 1. The van der Waals surface area contributed by atoms with Gasteiger partial charge in [0.25, 0.3) is 5.91 Å². The number of carbonyl (C=O) groups is 1. The summed E-state index contributed by atoms with van der Waals surface area (Å²) >= 11 is 0. The standard InChI is InChI=1S/C29H44N4O8/c1-28(2,3)41-24-22(34)23(35)26(29(4,5)37-6)40-25(24)27(36)30-15-18-10-12-19(13-11-18)33-20(16-31-32-33)17-39-21-9-7-8-14-38-21/h10-13,16,21-26,34-35H,7-9,14-15,17H2,1-6H3,(H,30,36)/t21?,22-,23+,24+,25?,26-/m1/s1. The fourth-order valence-corrected chi connectivity index (χ4v) is 4.95. The fraction of sp³-hybridized carbons (Fsp3) is 0.690. The molecule has 0 bridgehead atoms. The maximum Gasteiger partial charge on any atom is 0.252 e. The Hall–Kier alpha value is -2.45. The first-order valence-electron chi connectivity index (χ1n) is 14.1. The lowest BCUT2D eigenvalue weighted by molar-refractivity contribution is -0.278. The highest BCUT2D eigenvalue weighted by molar-refractivity contribution is 5.81. The molecule has 4 rings (SSSR count). The van der Waals surface area contributed by atoms with E-state index in [4.69, 9.17) is 23.7 Å². The summed E-state index contributed by atoms with van der Waals surface area (Å²) in [6.07, 6.45) is -1.39. The van der Waals surface area contributed by atoms with Gasteiger partial charge in [0.15, 0.2) is 12.4 Å². The largest absolute Gasteiger partial charge is 0.387 e. The molecule has 2 aliphatic heterocycles. The van der Waals surface area contributed by atoms with Gasteiger partial charge in [-0.05, 0) is 71.6 Å². The third kappa shape index (κ3) is 7.89. The zero-order valence-corrected chi connectivity index (χ0v) is 24.8. The summed E-state index contributed by atoms with van der Waals surface area (Å²) in [5, 5.41) is 32.9. The molecule has 12 nitrogen and oxygen atoms in total. The Morgan fingerprint density at radius 2 is 1.85 bits per heavy atom. The summed E-state index contributed by atoms with van der Waals surface area (Å²) in [5.74, 6) is -0.466. The minimum atomic E-state index is -1.36. The maximum atomic E-state index is 13.4. The molecule has 6 atom stereocenters. The van der Waals surface area contributed by atoms with Crippen molar-refractivity contribution in [3.63, 3.8) is 0 Å². The van der Waals surface area contributed by atoms with Gasteiger partial charge in [0, 0.05) is 20.3 Å². The lowest BCUT2D eigenvalue weighted by Crippen LogP contribution is -2.67. The fourth-order valence-electron chi connectivity index (χ4n) is 4.95. The van der Waals surface area contributed by atoms with Gasteiger partial charge in [-0.1, -0.05) is 17.3 Å². The van der Waals surface area contributed by atoms with E-state index in [9.17, 15) is 15.0 Å². The molecule has 12 heteroatoms. The first kappa shape index (κ1) is 31.5. The second-order valence-corrected chi connectivity index (χ2v) is 12.1. The molecule has 1 amide bonds. The van der Waals surface area contributed by atoms with Gasteiger partial charge >= 0.3 is 0 Å². The van der Waals surface area contributed by atoms with Crippen LogP contribution in [-0.4, -0.2) is 92.8 Å². The predicted octanol–water partition coefficient (Wildman–Crippen LogP) is 2.02. The molecule has 2 unspecified atom stereocenters. The quantitative estimate of drug-likeness (QED) is 0.384. The summed E-state index contributed by atoms with van der Waals surface area (Å²) in [6, 6.07) is 7.53. The van der Waals surface area contributed by atoms with Gasteiger partial charge in [-0.3, -0.25) is 4.79 Å². The zero-order chi connectivity index (χ0) is 29.8. The highest BCUT2D eigenvalue weighted by Gasteiger charge is 2.53. The van der Waals surface area contributed by atoms with Gasteiger partial charge in [-0.15, -0.1) is 5.10 Å². The number of aliphatic hydroxyl groups excluding tert-OH is 2. The van der Waals surface area contributed by atoms with Crippen LogP contribution in [0.3, 0.4) is 0 Å². The van der Waals surface area contributed by atoms with Gasteiger partial charge in [0.05, 0.1) is 35.4 Å². The van der Waals surface area contributed by atoms with E-state index in [2.05, 4.69) is 15.6 Å². The van der Waals surface area contributed by atoms with Crippen molar-refractivity contribution >= 4 is 5.91 Å². The molecule has 2 aliphatic rings. The third-order valence-electron chi connectivity index (χ3n) is 7.37. The number of benzene rings is 1. The van der Waals surface area contributed by atoms with Gasteiger partial charge < -0.3 is 39.2 Å². The number of carbonyl (C=O) groups excluding carboxylic acids is 1. The van der Waals surface area contributed by atoms with Gasteiger partial charge in [0.1, 0.15) is 24.4 Å². The number of amides is 1. The minimum Gasteiger partial charge on any atom is -0.387 e. The molecule has 2 aromatic rings. The maximum absolute atomic E-state index is 13.4. The Morgan fingerprint density at radius 3 is 2.49 bits per heavy atom. The first-order chi connectivity index (χ1) is 19.4. The van der Waals surface area contributed by atoms with Gasteiger partial charge in [-0.2, -0.15) is 0 Å². The second kappa shape index (κ2) is 13.2. The smallest absolute Gasteiger partial charge is 0.252 e. The van der Waals surface area contributed by atoms with Crippen molar-refractivity contribution in [1.29, 1.82) is 0 Å². The van der Waals surface area contributed by atoms with Crippen LogP contribution in [0.5, 0.6) is 0 Å². The lowest BCUT2D eigenvalue weighted by Gasteiger charge is -2.48. The monoisotopic (exact) mass is 576 g/mol. The summed E-state index contributed by atoms with van der Waals surface area (Å²) in [6.45, 7) is 10.1. The van der Waals surface area contributed by atoms with Gasteiger partial charge in [0.2, 0.25) is 0 Å². The van der Waals surface area contributed by atoms with E-state index in [1.807, 2.05) is 45.0 Å². The Morgan fingerprint density at radius 1 is 1.12 bits per heavy atom. The van der Waals surface area contributed by atoms with Crippen LogP contribution in [0.4, 0.5) is 0 Å². The van der Waals surface area contributed by atoms with Crippen LogP contribution in [-0.2, 0) is 41.6 Å². The normalized spacial score (nSPS) is 27.5. The van der Waals surface area contributed by atoms with E-state index in [0.29, 0.717) is 13.2 Å². The summed E-state index contributed by atoms with van der Waals surface area (Å²) in [5.41, 5.74) is 0.789. The Kier molecular flexibility index (Phi) is 10.2. The minimum absolute atomic E-state index is 0.208. The number of hydrogen-bond donors (Lipinski definition) is 3. The number of rotatable bonds is 10. The van der Waals surface area contributed by atoms with Crippen molar-refractivity contribution in [3.05, 3.63) is 41.7 Å². The van der Waals surface area contributed by atoms with Crippen molar-refractivity contribution in [2.45, 2.75) is 115 Å². The Bertz CT molecular complexity index is 1130. The predicted molar refractivity (Wildman–Crippen MR) is 148 cm³/mol. The molecule has 2 saturated heterocycles. The van der Waals surface area contributed by atoms with Crippen LogP contribution < -0.4 is 5.32 Å². The molecule has 1 aromatic heterocycles. The first-order valence-corrected chi connectivity index (χ1v) is 14.1. The molecular weight excluding hydrogens is 532 g/mol. The van der Waals surface area contributed by atoms with Crippen molar-refractivity contribution in [1.82, 2.24) is 20.3 Å². The van der Waals surface area contributed by atoms with Crippen LogP contribution in [0.1, 0.15) is 65.1 Å². The van der Waals surface area contributed by atoms with E-state index in [0.717, 1.165) is 36.2 Å². The third-order valence-corrected chi connectivity index (χ3v) is 7.37. The van der Waals surface area contributed by atoms with Crippen molar-refractivity contribution in [3.8, 4) is 5.69 Å². The van der Waals surface area contributed by atoms with Gasteiger partial charge in [-0.25, -0.2) is 4.68 Å². The zero-order valence-electron chi connectivity index (χ0n) is 24.8. The molecule has 41 heavy (non-hydrogen) atoms. The second-order valence-electron chi connectivity index (χ2n) is 12.1. The lowest BCUT2D eigenvalue weighted by atomic mass is 9.86. The number of hydrogen-bond acceptors (Lipinski definition) is 10. The molecule has 228 valence electrons. The van der Waals surface area contributed by atoms with Crippen LogP contribution in [0.15, 0.2) is 30.5 Å². The molecule has 2 fully saturated rings. The van der Waals surface area contributed by atoms with E-state index in [1.54, 1.807) is 24.7 Å². The van der Waals surface area contributed by atoms with Crippen molar-refractivity contribution < 1.29 is 38.7 Å². The molecule has 0 aliphatic carbocycles. The average Bonchev–Trinajstić information content (AvgIpc) is 3.42. The highest BCUT2D eigenvalue weighted by atomic mass is 16.7. The van der Waals surface area contributed by atoms with E-state index < -0.39 is 47.6 Å². The van der Waals surface area contributed by atoms with Crippen LogP contribution in [0.2, 0.25) is 0 Å². The SMILES string of the molecule is COC(C)(C)[C@@H]1OC(C(=O)NCc2ccc(-n3nncc3COC3CCCCO3)cc2)[C@@H](OC(C)(C)C)[C@H](O)[C@@H]1O.